The van der Waals surface area contributed by atoms with E-state index in [4.69, 9.17) is 0 Å². The molecule has 1 unspecified atom stereocenters. The van der Waals surface area contributed by atoms with Gasteiger partial charge in [0.15, 0.2) is 0 Å². The Morgan fingerprint density at radius 3 is 2.52 bits per heavy atom. The molecule has 112 valence electrons. The van der Waals surface area contributed by atoms with Gasteiger partial charge in [0.2, 0.25) is 5.43 Å². The van der Waals surface area contributed by atoms with Crippen molar-refractivity contribution < 1.29 is 4.21 Å². The zero-order valence-corrected chi connectivity index (χ0v) is 13.3. The van der Waals surface area contributed by atoms with Crippen molar-refractivity contribution in [3.63, 3.8) is 0 Å². The average molecular weight is 304 g/mol. The van der Waals surface area contributed by atoms with E-state index in [2.05, 4.69) is 11.0 Å². The van der Waals surface area contributed by atoms with E-state index in [0.717, 1.165) is 18.6 Å². The van der Waals surface area contributed by atoms with Gasteiger partial charge in [-0.3, -0.25) is 9.00 Å². The molecule has 3 rings (SSSR count). The average Bonchev–Trinajstić information content (AvgIpc) is 2.51. The standard InChI is InChI=1S/C16H20N2O2S/c1-17-11-15(21(2)20)16(19)13-7-6-12(10-14(13)17)18-8-4-3-5-9-18/h6-7,10-11H,3-5,8-9H2,1-2H3. The smallest absolute Gasteiger partial charge is 0.205 e. The molecule has 0 amide bonds. The van der Waals surface area contributed by atoms with Gasteiger partial charge in [0.1, 0.15) is 4.90 Å². The lowest BCUT2D eigenvalue weighted by Crippen LogP contribution is -2.29. The maximum absolute atomic E-state index is 12.4. The lowest BCUT2D eigenvalue weighted by molar-refractivity contribution is 0.578. The Balaban J connectivity index is 2.14. The van der Waals surface area contributed by atoms with Gasteiger partial charge in [-0.1, -0.05) is 0 Å². The highest BCUT2D eigenvalue weighted by Crippen LogP contribution is 2.24. The van der Waals surface area contributed by atoms with E-state index in [-0.39, 0.29) is 5.43 Å². The quantitative estimate of drug-likeness (QED) is 0.855. The van der Waals surface area contributed by atoms with Gasteiger partial charge in [-0.05, 0) is 37.5 Å². The monoisotopic (exact) mass is 304 g/mol. The molecule has 0 spiro atoms. The third-order valence-corrected chi connectivity index (χ3v) is 5.08. The molecule has 0 aliphatic carbocycles. The minimum atomic E-state index is -1.26. The molecule has 2 aromatic rings. The Labute approximate surface area is 126 Å². The van der Waals surface area contributed by atoms with E-state index in [1.165, 1.54) is 24.9 Å². The first-order valence-corrected chi connectivity index (χ1v) is 8.85. The van der Waals surface area contributed by atoms with Gasteiger partial charge < -0.3 is 9.47 Å². The molecule has 5 heteroatoms. The van der Waals surface area contributed by atoms with Crippen molar-refractivity contribution in [2.75, 3.05) is 24.2 Å². The molecule has 1 aliphatic rings. The predicted octanol–water partition coefficient (Wildman–Crippen LogP) is 2.27. The maximum atomic E-state index is 12.4. The number of anilines is 1. The summed E-state index contributed by atoms with van der Waals surface area (Å²) in [6.07, 6.45) is 7.00. The number of aryl methyl sites for hydroxylation is 1. The summed E-state index contributed by atoms with van der Waals surface area (Å²) in [7, 11) is 0.641. The zero-order valence-electron chi connectivity index (χ0n) is 12.5. The lowest BCUT2D eigenvalue weighted by Gasteiger charge is -2.29. The summed E-state index contributed by atoms with van der Waals surface area (Å²) < 4.78 is 13.6. The Bertz CT molecular complexity index is 761. The van der Waals surface area contributed by atoms with E-state index in [9.17, 15) is 9.00 Å². The molecule has 0 N–H and O–H groups in total. The van der Waals surface area contributed by atoms with Crippen molar-refractivity contribution in [3.05, 3.63) is 34.6 Å². The largest absolute Gasteiger partial charge is 0.371 e. The number of hydrogen-bond acceptors (Lipinski definition) is 3. The van der Waals surface area contributed by atoms with Crippen LogP contribution >= 0.6 is 0 Å². The number of fused-ring (bicyclic) bond motifs is 1. The van der Waals surface area contributed by atoms with Gasteiger partial charge in [0, 0.05) is 43.7 Å². The first kappa shape index (κ1) is 14.3. The van der Waals surface area contributed by atoms with Crippen LogP contribution in [0, 0.1) is 0 Å². The zero-order chi connectivity index (χ0) is 15.0. The number of nitrogens with zero attached hydrogens (tertiary/aromatic N) is 2. The van der Waals surface area contributed by atoms with E-state index in [0.29, 0.717) is 10.3 Å². The van der Waals surface area contributed by atoms with Crippen LogP contribution in [0.4, 0.5) is 5.69 Å². The summed E-state index contributed by atoms with van der Waals surface area (Å²) in [4.78, 5) is 15.1. The van der Waals surface area contributed by atoms with Crippen molar-refractivity contribution in [1.29, 1.82) is 0 Å². The van der Waals surface area contributed by atoms with Crippen LogP contribution in [0.3, 0.4) is 0 Å². The lowest BCUT2D eigenvalue weighted by atomic mass is 10.1. The number of rotatable bonds is 2. The summed E-state index contributed by atoms with van der Waals surface area (Å²) in [6.45, 7) is 2.16. The SMILES string of the molecule is Cn1cc(S(C)=O)c(=O)c2ccc(N3CCCCC3)cc21. The molecule has 1 aromatic carbocycles. The topological polar surface area (TPSA) is 42.3 Å². The molecule has 21 heavy (non-hydrogen) atoms. The van der Waals surface area contributed by atoms with Crippen LogP contribution in [0.1, 0.15) is 19.3 Å². The van der Waals surface area contributed by atoms with Crippen molar-refractivity contribution in [2.45, 2.75) is 24.2 Å². The van der Waals surface area contributed by atoms with E-state index >= 15 is 0 Å². The van der Waals surface area contributed by atoms with Crippen LogP contribution in [-0.2, 0) is 17.8 Å². The Morgan fingerprint density at radius 1 is 1.14 bits per heavy atom. The molecular weight excluding hydrogens is 284 g/mol. The summed E-state index contributed by atoms with van der Waals surface area (Å²) in [6, 6.07) is 5.96. The summed E-state index contributed by atoms with van der Waals surface area (Å²) in [5.41, 5.74) is 1.95. The van der Waals surface area contributed by atoms with Gasteiger partial charge in [-0.2, -0.15) is 0 Å². The van der Waals surface area contributed by atoms with Crippen LogP contribution in [0.15, 0.2) is 34.1 Å². The third kappa shape index (κ3) is 2.62. The molecule has 1 aliphatic heterocycles. The second kappa shape index (κ2) is 5.64. The van der Waals surface area contributed by atoms with Crippen molar-refractivity contribution in [2.24, 2.45) is 7.05 Å². The molecular formula is C16H20N2O2S. The van der Waals surface area contributed by atoms with Gasteiger partial charge in [0.25, 0.3) is 0 Å². The van der Waals surface area contributed by atoms with Crippen LogP contribution < -0.4 is 10.3 Å². The minimum absolute atomic E-state index is 0.117. The molecule has 0 radical (unpaired) electrons. The molecule has 0 saturated carbocycles. The number of benzene rings is 1. The Kier molecular flexibility index (Phi) is 3.85. The van der Waals surface area contributed by atoms with E-state index in [1.807, 2.05) is 23.7 Å². The predicted molar refractivity (Wildman–Crippen MR) is 87.6 cm³/mol. The van der Waals surface area contributed by atoms with Gasteiger partial charge in [0.05, 0.1) is 16.3 Å². The highest BCUT2D eigenvalue weighted by molar-refractivity contribution is 7.84. The summed E-state index contributed by atoms with van der Waals surface area (Å²) >= 11 is 0. The Hall–Kier alpha value is -1.62. The second-order valence-electron chi connectivity index (χ2n) is 5.64. The highest BCUT2D eigenvalue weighted by Gasteiger charge is 2.14. The van der Waals surface area contributed by atoms with Crippen molar-refractivity contribution in [1.82, 2.24) is 4.57 Å². The van der Waals surface area contributed by atoms with Crippen LogP contribution in [0.5, 0.6) is 0 Å². The van der Waals surface area contributed by atoms with Crippen LogP contribution in [-0.4, -0.2) is 28.1 Å². The first-order chi connectivity index (χ1) is 10.1. The van der Waals surface area contributed by atoms with Gasteiger partial charge in [-0.25, -0.2) is 0 Å². The molecule has 2 heterocycles. The van der Waals surface area contributed by atoms with Gasteiger partial charge in [-0.15, -0.1) is 0 Å². The Morgan fingerprint density at radius 2 is 1.86 bits per heavy atom. The number of pyridine rings is 1. The number of piperidine rings is 1. The van der Waals surface area contributed by atoms with Gasteiger partial charge >= 0.3 is 0 Å². The highest BCUT2D eigenvalue weighted by atomic mass is 32.2. The molecule has 1 saturated heterocycles. The molecule has 1 atom stereocenters. The molecule has 1 fully saturated rings. The number of hydrogen-bond donors (Lipinski definition) is 0. The first-order valence-electron chi connectivity index (χ1n) is 7.29. The molecule has 4 nitrogen and oxygen atoms in total. The fourth-order valence-corrected chi connectivity index (χ4v) is 3.67. The van der Waals surface area contributed by atoms with Crippen molar-refractivity contribution >= 4 is 27.4 Å². The van der Waals surface area contributed by atoms with E-state index in [1.54, 1.807) is 12.5 Å². The number of aromatic nitrogens is 1. The second-order valence-corrected chi connectivity index (χ2v) is 6.98. The fraction of sp³-hybridized carbons (Fsp3) is 0.438. The fourth-order valence-electron chi connectivity index (χ4n) is 2.99. The van der Waals surface area contributed by atoms with E-state index < -0.39 is 10.8 Å². The minimum Gasteiger partial charge on any atom is -0.371 e. The normalized spacial score (nSPS) is 17.1. The van der Waals surface area contributed by atoms with Crippen LogP contribution in [0.25, 0.3) is 10.9 Å². The summed E-state index contributed by atoms with van der Waals surface area (Å²) in [5.74, 6) is 0. The maximum Gasteiger partial charge on any atom is 0.205 e. The summed E-state index contributed by atoms with van der Waals surface area (Å²) in [5, 5.41) is 0.644. The van der Waals surface area contributed by atoms with Crippen molar-refractivity contribution in [3.8, 4) is 0 Å². The molecule has 0 bridgehead atoms. The molecule has 1 aromatic heterocycles. The third-order valence-electron chi connectivity index (χ3n) is 4.17. The van der Waals surface area contributed by atoms with Crippen LogP contribution in [0.2, 0.25) is 0 Å².